The van der Waals surface area contributed by atoms with Crippen LogP contribution in [0, 0.1) is 0 Å². The summed E-state index contributed by atoms with van der Waals surface area (Å²) in [7, 11) is 2.19. The monoisotopic (exact) mass is 550 g/mol. The highest BCUT2D eigenvalue weighted by molar-refractivity contribution is 5.85. The maximum atomic E-state index is 11.4. The highest BCUT2D eigenvalue weighted by atomic mass is 35.5. The fourth-order valence-electron chi connectivity index (χ4n) is 7.62. The molecule has 4 aliphatic rings. The van der Waals surface area contributed by atoms with Crippen LogP contribution in [0.2, 0.25) is 0 Å². The van der Waals surface area contributed by atoms with E-state index < -0.39 is 17.0 Å². The maximum Gasteiger partial charge on any atom is 0.317 e. The Morgan fingerprint density at radius 1 is 1.19 bits per heavy atom. The van der Waals surface area contributed by atoms with Gasteiger partial charge in [-0.25, -0.2) is 0 Å². The van der Waals surface area contributed by atoms with Crippen LogP contribution >= 0.6 is 24.8 Å². The smallest absolute Gasteiger partial charge is 0.317 e. The molecule has 0 aromatic heterocycles. The van der Waals surface area contributed by atoms with E-state index in [0.717, 1.165) is 50.6 Å². The zero-order valence-electron chi connectivity index (χ0n) is 21.0. The number of phenols is 1. The number of carbonyl (C=O) groups is 1. The standard InChI is InChI=1S/C28H34N2O5.2ClH/c1-30-14-13-27-24-19-9-10-21(31)25(24)35-26(27)20(29-17-23(32)33)11-12-28(27,22(30)16-19)34-15-5-8-18-6-3-2-4-7-18;;/h2-4,6-7,9-10,20,22,26,29,31H,5,8,11-17H2,1H3,(H,32,33);2*1H/t20-,22-,26+,27+,28-;;/m1../s1. The van der Waals surface area contributed by atoms with Crippen molar-refractivity contribution in [2.75, 3.05) is 26.7 Å². The third kappa shape index (κ3) is 4.20. The van der Waals surface area contributed by atoms with Crippen LogP contribution in [-0.2, 0) is 27.8 Å². The number of hydrogen-bond donors (Lipinski definition) is 3. The van der Waals surface area contributed by atoms with E-state index in [0.29, 0.717) is 12.4 Å². The van der Waals surface area contributed by atoms with Crippen molar-refractivity contribution in [3.63, 3.8) is 0 Å². The van der Waals surface area contributed by atoms with Gasteiger partial charge in [-0.15, -0.1) is 24.8 Å². The summed E-state index contributed by atoms with van der Waals surface area (Å²) in [5, 5.41) is 23.4. The largest absolute Gasteiger partial charge is 0.504 e. The van der Waals surface area contributed by atoms with E-state index in [4.69, 9.17) is 9.47 Å². The Kier molecular flexibility index (Phi) is 8.03. The van der Waals surface area contributed by atoms with E-state index >= 15 is 0 Å². The summed E-state index contributed by atoms with van der Waals surface area (Å²) in [5.74, 6) is -0.128. The fraction of sp³-hybridized carbons (Fsp3) is 0.536. The average molecular weight is 552 g/mol. The van der Waals surface area contributed by atoms with Gasteiger partial charge in [0.1, 0.15) is 6.10 Å². The number of aliphatic carboxylic acids is 1. The second kappa shape index (κ2) is 10.6. The van der Waals surface area contributed by atoms with Crippen LogP contribution in [0.1, 0.15) is 42.4 Å². The molecule has 2 bridgehead atoms. The molecule has 5 atom stereocenters. The fourth-order valence-corrected chi connectivity index (χ4v) is 7.62. The van der Waals surface area contributed by atoms with Crippen LogP contribution < -0.4 is 10.1 Å². The summed E-state index contributed by atoms with van der Waals surface area (Å²) in [6.45, 7) is 1.47. The van der Waals surface area contributed by atoms with Gasteiger partial charge >= 0.3 is 5.97 Å². The maximum absolute atomic E-state index is 11.4. The quantitative estimate of drug-likeness (QED) is 0.431. The van der Waals surface area contributed by atoms with Crippen molar-refractivity contribution in [3.8, 4) is 11.5 Å². The lowest BCUT2D eigenvalue weighted by atomic mass is 9.48. The summed E-state index contributed by atoms with van der Waals surface area (Å²) >= 11 is 0. The van der Waals surface area contributed by atoms with Gasteiger partial charge in [-0.3, -0.25) is 4.79 Å². The predicted octanol–water partition coefficient (Wildman–Crippen LogP) is 3.72. The van der Waals surface area contributed by atoms with Crippen molar-refractivity contribution in [1.82, 2.24) is 10.2 Å². The van der Waals surface area contributed by atoms with Gasteiger partial charge in [0.05, 0.1) is 17.6 Å². The lowest BCUT2D eigenvalue weighted by Crippen LogP contribution is -2.78. The van der Waals surface area contributed by atoms with Gasteiger partial charge in [0, 0.05) is 24.3 Å². The minimum Gasteiger partial charge on any atom is -0.504 e. The van der Waals surface area contributed by atoms with Gasteiger partial charge < -0.3 is 29.9 Å². The number of carboxylic acids is 1. The molecule has 0 unspecified atom stereocenters. The molecule has 2 fully saturated rings. The highest BCUT2D eigenvalue weighted by Crippen LogP contribution is 2.66. The number of likely N-dealkylation sites (tertiary alicyclic amines) is 1. The number of aromatic hydroxyl groups is 1. The van der Waals surface area contributed by atoms with Crippen molar-refractivity contribution in [3.05, 3.63) is 59.2 Å². The summed E-state index contributed by atoms with van der Waals surface area (Å²) < 4.78 is 13.6. The lowest BCUT2D eigenvalue weighted by molar-refractivity contribution is -0.217. The van der Waals surface area contributed by atoms with Crippen molar-refractivity contribution < 1.29 is 24.5 Å². The van der Waals surface area contributed by atoms with Crippen LogP contribution in [-0.4, -0.2) is 71.6 Å². The Balaban J connectivity index is 0.00000160. The third-order valence-electron chi connectivity index (χ3n) is 9.02. The minimum absolute atomic E-state index is 0. The van der Waals surface area contributed by atoms with Gasteiger partial charge in [0.2, 0.25) is 0 Å². The Morgan fingerprint density at radius 3 is 2.73 bits per heavy atom. The summed E-state index contributed by atoms with van der Waals surface area (Å²) in [5.41, 5.74) is 2.80. The van der Waals surface area contributed by atoms with Crippen molar-refractivity contribution in [1.29, 1.82) is 0 Å². The Hall–Kier alpha value is -2.03. The van der Waals surface area contributed by atoms with E-state index in [1.165, 1.54) is 11.1 Å². The first kappa shape index (κ1) is 28.0. The number of piperidine rings is 1. The summed E-state index contributed by atoms with van der Waals surface area (Å²) in [6.07, 6.45) is 4.95. The Labute approximate surface area is 230 Å². The van der Waals surface area contributed by atoms with Gasteiger partial charge in [0.25, 0.3) is 0 Å². The minimum atomic E-state index is -0.875. The molecule has 1 saturated heterocycles. The summed E-state index contributed by atoms with van der Waals surface area (Å²) in [4.78, 5) is 13.8. The normalized spacial score (nSPS) is 30.9. The van der Waals surface area contributed by atoms with Crippen LogP contribution in [0.15, 0.2) is 42.5 Å². The van der Waals surface area contributed by atoms with Gasteiger partial charge in [0.15, 0.2) is 11.5 Å². The SMILES string of the molecule is CN1CC[C@]23c4c5ccc(O)c4O[C@H]2[C@H](NCC(=O)O)CC[C@@]3(OCCCc2ccccc2)[C@H]1C5.Cl.Cl. The van der Waals surface area contributed by atoms with Crippen molar-refractivity contribution in [2.45, 2.75) is 67.7 Å². The number of nitrogens with one attached hydrogen (secondary N) is 1. The molecule has 0 amide bonds. The molecule has 2 aliphatic carbocycles. The molecule has 37 heavy (non-hydrogen) atoms. The first-order valence-electron chi connectivity index (χ1n) is 12.8. The zero-order valence-corrected chi connectivity index (χ0v) is 22.7. The third-order valence-corrected chi connectivity index (χ3v) is 9.02. The van der Waals surface area contributed by atoms with Gasteiger partial charge in [-0.05, 0) is 69.3 Å². The molecule has 6 rings (SSSR count). The Bertz CT molecular complexity index is 1140. The predicted molar refractivity (Wildman–Crippen MR) is 146 cm³/mol. The zero-order chi connectivity index (χ0) is 24.2. The average Bonchev–Trinajstić information content (AvgIpc) is 3.21. The van der Waals surface area contributed by atoms with Crippen LogP contribution in [0.25, 0.3) is 0 Å². The second-order valence-corrected chi connectivity index (χ2v) is 10.7. The van der Waals surface area contributed by atoms with Crippen LogP contribution in [0.4, 0.5) is 0 Å². The number of rotatable bonds is 8. The molecule has 2 heterocycles. The van der Waals surface area contributed by atoms with Gasteiger partial charge in [-0.1, -0.05) is 36.4 Å². The molecule has 7 nitrogen and oxygen atoms in total. The lowest BCUT2D eigenvalue weighted by Gasteiger charge is -2.65. The van der Waals surface area contributed by atoms with Crippen LogP contribution in [0.5, 0.6) is 11.5 Å². The number of benzene rings is 2. The number of likely N-dealkylation sites (N-methyl/N-ethyl adjacent to an activating group) is 1. The second-order valence-electron chi connectivity index (χ2n) is 10.7. The number of phenolic OH excluding ortho intramolecular Hbond substituents is 1. The Morgan fingerprint density at radius 2 is 1.97 bits per heavy atom. The molecular weight excluding hydrogens is 515 g/mol. The number of aryl methyl sites for hydroxylation is 1. The molecule has 0 radical (unpaired) electrons. The number of hydrogen-bond acceptors (Lipinski definition) is 6. The molecule has 1 spiro atoms. The number of halogens is 2. The first-order valence-corrected chi connectivity index (χ1v) is 12.8. The molecule has 2 aromatic rings. The summed E-state index contributed by atoms with van der Waals surface area (Å²) in [6, 6.07) is 14.4. The highest BCUT2D eigenvalue weighted by Gasteiger charge is 2.73. The van der Waals surface area contributed by atoms with E-state index in [2.05, 4.69) is 41.5 Å². The number of ether oxygens (including phenoxy) is 2. The first-order chi connectivity index (χ1) is 17.0. The van der Waals surface area contributed by atoms with E-state index in [1.54, 1.807) is 6.07 Å². The van der Waals surface area contributed by atoms with Gasteiger partial charge in [-0.2, -0.15) is 0 Å². The number of carboxylic acid groups (broad SMARTS) is 1. The molecule has 2 aromatic carbocycles. The van der Waals surface area contributed by atoms with Crippen LogP contribution in [0.3, 0.4) is 0 Å². The molecule has 2 aliphatic heterocycles. The van der Waals surface area contributed by atoms with E-state index in [9.17, 15) is 15.0 Å². The van der Waals surface area contributed by atoms with Crippen molar-refractivity contribution in [2.24, 2.45) is 0 Å². The molecule has 3 N–H and O–H groups in total. The van der Waals surface area contributed by atoms with E-state index in [-0.39, 0.29) is 55.3 Å². The topological polar surface area (TPSA) is 91.3 Å². The van der Waals surface area contributed by atoms with E-state index in [1.807, 2.05) is 12.1 Å². The number of nitrogens with zero attached hydrogens (tertiary/aromatic N) is 1. The molecule has 1 saturated carbocycles. The molecular formula is C28H36Cl2N2O5. The van der Waals surface area contributed by atoms with Crippen molar-refractivity contribution >= 4 is 30.8 Å². The molecule has 9 heteroatoms. The molecule has 202 valence electrons.